The van der Waals surface area contributed by atoms with Gasteiger partial charge in [0.15, 0.2) is 0 Å². The van der Waals surface area contributed by atoms with Crippen molar-refractivity contribution < 1.29 is 4.79 Å². The number of nitrogens with zero attached hydrogens (tertiary/aromatic N) is 2. The first-order valence-electron chi connectivity index (χ1n) is 6.27. The number of fused-ring (bicyclic) bond motifs is 1. The minimum Gasteiger partial charge on any atom is -0.369 e. The number of anilines is 2. The highest BCUT2D eigenvalue weighted by Gasteiger charge is 2.39. The summed E-state index contributed by atoms with van der Waals surface area (Å²) < 4.78 is 0. The second-order valence-electron chi connectivity index (χ2n) is 4.70. The van der Waals surface area contributed by atoms with Crippen LogP contribution in [0.15, 0.2) is 35.1 Å². The van der Waals surface area contributed by atoms with Crippen LogP contribution in [0.2, 0.25) is 0 Å². The Balaban J connectivity index is 2.29. The number of nitrogen functional groups attached to an aromatic ring is 1. The summed E-state index contributed by atoms with van der Waals surface area (Å²) in [5.74, 6) is -2.12. The molecule has 1 aliphatic heterocycles. The zero-order valence-electron chi connectivity index (χ0n) is 10.8. The summed E-state index contributed by atoms with van der Waals surface area (Å²) in [4.78, 5) is 30.6. The van der Waals surface area contributed by atoms with Crippen molar-refractivity contribution in [3.63, 3.8) is 0 Å². The largest absolute Gasteiger partial charge is 0.369 e. The van der Waals surface area contributed by atoms with Gasteiger partial charge >= 0.3 is 0 Å². The predicted molar refractivity (Wildman–Crippen MR) is 75.3 cm³/mol. The summed E-state index contributed by atoms with van der Waals surface area (Å²) in [6.07, 6.45) is 0. The average molecular weight is 281 g/mol. The maximum absolute atomic E-state index is 12.2. The van der Waals surface area contributed by atoms with Crippen LogP contribution in [0.4, 0.5) is 11.8 Å². The molecular weight excluding hydrogens is 270 g/mol. The molecule has 1 amide bonds. The molecule has 2 heterocycles. The number of benzene rings is 1. The van der Waals surface area contributed by atoms with Gasteiger partial charge in [-0.05, 0) is 5.56 Å². The molecule has 21 heavy (non-hydrogen) atoms. The highest BCUT2D eigenvalue weighted by Crippen LogP contribution is 2.37. The molecule has 0 bridgehead atoms. The van der Waals surface area contributed by atoms with Gasteiger partial charge in [0.1, 0.15) is 11.7 Å². The first-order valence-corrected chi connectivity index (χ1v) is 6.27. The molecule has 0 fully saturated rings. The number of nitrogens with one attached hydrogen (secondary N) is 2. The lowest BCUT2D eigenvalue weighted by atomic mass is 9.79. The molecule has 0 aliphatic carbocycles. The molecule has 7 heteroatoms. The van der Waals surface area contributed by atoms with Crippen LogP contribution in [0, 0.1) is 17.2 Å². The number of H-pyrrole nitrogens is 1. The minimum atomic E-state index is -0.994. The van der Waals surface area contributed by atoms with Crippen LogP contribution in [0.5, 0.6) is 0 Å². The van der Waals surface area contributed by atoms with E-state index in [1.807, 2.05) is 12.1 Å². The molecule has 1 aromatic heterocycles. The number of rotatable bonds is 1. The molecule has 0 spiro atoms. The Kier molecular flexibility index (Phi) is 2.92. The average Bonchev–Trinajstić information content (AvgIpc) is 2.46. The number of hydrogen-bond donors (Lipinski definition) is 3. The Bertz CT molecular complexity index is 806. The number of aromatic nitrogens is 2. The van der Waals surface area contributed by atoms with Crippen LogP contribution in [0.25, 0.3) is 0 Å². The molecule has 0 saturated heterocycles. The fourth-order valence-electron chi connectivity index (χ4n) is 2.55. The van der Waals surface area contributed by atoms with Crippen molar-refractivity contribution in [3.8, 4) is 6.07 Å². The second-order valence-corrected chi connectivity index (χ2v) is 4.70. The van der Waals surface area contributed by atoms with Gasteiger partial charge in [0, 0.05) is 5.92 Å². The van der Waals surface area contributed by atoms with E-state index in [0.717, 1.165) is 0 Å². The Labute approximate surface area is 119 Å². The molecule has 104 valence electrons. The third-order valence-electron chi connectivity index (χ3n) is 3.44. The highest BCUT2D eigenvalue weighted by molar-refractivity contribution is 5.97. The lowest BCUT2D eigenvalue weighted by Crippen LogP contribution is -2.38. The summed E-state index contributed by atoms with van der Waals surface area (Å²) in [6, 6.07) is 10.9. The lowest BCUT2D eigenvalue weighted by Gasteiger charge is -2.28. The number of hydrogen-bond acceptors (Lipinski definition) is 5. The third-order valence-corrected chi connectivity index (χ3v) is 3.44. The molecule has 0 radical (unpaired) electrons. The molecular formula is C14H11N5O2. The molecule has 1 aliphatic rings. The summed E-state index contributed by atoms with van der Waals surface area (Å²) >= 11 is 0. The smallest absolute Gasteiger partial charge is 0.258 e. The van der Waals surface area contributed by atoms with Crippen molar-refractivity contribution >= 4 is 17.7 Å². The third kappa shape index (κ3) is 2.03. The summed E-state index contributed by atoms with van der Waals surface area (Å²) in [5.41, 5.74) is 6.00. The van der Waals surface area contributed by atoms with Gasteiger partial charge in [-0.15, -0.1) is 0 Å². The Morgan fingerprint density at radius 1 is 1.24 bits per heavy atom. The van der Waals surface area contributed by atoms with Crippen LogP contribution in [-0.4, -0.2) is 15.9 Å². The first kappa shape index (κ1) is 12.9. The Morgan fingerprint density at radius 2 is 1.95 bits per heavy atom. The number of nitriles is 1. The molecule has 7 nitrogen and oxygen atoms in total. The number of carbonyl (C=O) groups excluding carboxylic acids is 1. The van der Waals surface area contributed by atoms with Crippen molar-refractivity contribution in [1.82, 2.24) is 9.97 Å². The van der Waals surface area contributed by atoms with Gasteiger partial charge in [-0.3, -0.25) is 14.6 Å². The van der Waals surface area contributed by atoms with Crippen LogP contribution in [0.3, 0.4) is 0 Å². The Morgan fingerprint density at radius 3 is 2.62 bits per heavy atom. The first-order chi connectivity index (χ1) is 10.1. The van der Waals surface area contributed by atoms with E-state index in [4.69, 9.17) is 5.73 Å². The SMILES string of the molecule is N#CC1C(=O)Nc2nc(N)[nH]c(=O)c2C1c1ccccc1. The van der Waals surface area contributed by atoms with E-state index >= 15 is 0 Å². The monoisotopic (exact) mass is 281 g/mol. The van der Waals surface area contributed by atoms with Crippen LogP contribution in [0.1, 0.15) is 17.0 Å². The summed E-state index contributed by atoms with van der Waals surface area (Å²) in [6.45, 7) is 0. The standard InChI is InChI=1S/C14H11N5O2/c15-6-8-9(7-4-2-1-3-5-7)10-11(17-12(8)20)18-14(16)19-13(10)21/h1-5,8-9H,(H4,16,17,18,19,20,21). The molecule has 4 N–H and O–H groups in total. The van der Waals surface area contributed by atoms with Gasteiger partial charge in [-0.2, -0.15) is 10.2 Å². The predicted octanol–water partition coefficient (Wildman–Crippen LogP) is 0.576. The summed E-state index contributed by atoms with van der Waals surface area (Å²) in [5, 5.41) is 11.8. The highest BCUT2D eigenvalue weighted by atomic mass is 16.2. The van der Waals surface area contributed by atoms with Gasteiger partial charge in [0.2, 0.25) is 11.9 Å². The van der Waals surface area contributed by atoms with Gasteiger partial charge < -0.3 is 11.1 Å². The minimum absolute atomic E-state index is 0.0822. The van der Waals surface area contributed by atoms with Crippen molar-refractivity contribution in [1.29, 1.82) is 5.26 Å². The van der Waals surface area contributed by atoms with Crippen molar-refractivity contribution in [2.24, 2.45) is 5.92 Å². The molecule has 3 rings (SSSR count). The molecule has 2 unspecified atom stereocenters. The number of carbonyl (C=O) groups is 1. The van der Waals surface area contributed by atoms with Crippen LogP contribution >= 0.6 is 0 Å². The quantitative estimate of drug-likeness (QED) is 0.705. The molecule has 2 atom stereocenters. The number of aromatic amines is 1. The lowest BCUT2D eigenvalue weighted by molar-refractivity contribution is -0.119. The fourth-order valence-corrected chi connectivity index (χ4v) is 2.55. The van der Waals surface area contributed by atoms with E-state index in [1.165, 1.54) is 0 Å². The maximum atomic E-state index is 12.2. The second kappa shape index (κ2) is 4.76. The number of amides is 1. The molecule has 2 aromatic rings. The fraction of sp³-hybridized carbons (Fsp3) is 0.143. The van der Waals surface area contributed by atoms with Crippen LogP contribution < -0.4 is 16.6 Å². The zero-order chi connectivity index (χ0) is 15.0. The van der Waals surface area contributed by atoms with Gasteiger partial charge in [-0.1, -0.05) is 30.3 Å². The topological polar surface area (TPSA) is 125 Å². The normalized spacial score (nSPS) is 20.2. The molecule has 1 aromatic carbocycles. The van der Waals surface area contributed by atoms with Gasteiger partial charge in [0.25, 0.3) is 5.56 Å². The van der Waals surface area contributed by atoms with E-state index < -0.39 is 23.3 Å². The van der Waals surface area contributed by atoms with Crippen LogP contribution in [-0.2, 0) is 4.79 Å². The zero-order valence-corrected chi connectivity index (χ0v) is 10.8. The van der Waals surface area contributed by atoms with Gasteiger partial charge in [-0.25, -0.2) is 0 Å². The van der Waals surface area contributed by atoms with Gasteiger partial charge in [0.05, 0.1) is 11.6 Å². The maximum Gasteiger partial charge on any atom is 0.258 e. The molecule has 0 saturated carbocycles. The van der Waals surface area contributed by atoms with Crippen molar-refractivity contribution in [3.05, 3.63) is 51.8 Å². The Hall–Kier alpha value is -3.14. The van der Waals surface area contributed by atoms with E-state index in [2.05, 4.69) is 15.3 Å². The van der Waals surface area contributed by atoms with E-state index in [-0.39, 0.29) is 17.3 Å². The number of nitrogens with two attached hydrogens (primary N) is 1. The van der Waals surface area contributed by atoms with E-state index in [9.17, 15) is 14.9 Å². The summed E-state index contributed by atoms with van der Waals surface area (Å²) in [7, 11) is 0. The van der Waals surface area contributed by atoms with Crippen molar-refractivity contribution in [2.45, 2.75) is 5.92 Å². The van der Waals surface area contributed by atoms with E-state index in [1.54, 1.807) is 24.3 Å². The van der Waals surface area contributed by atoms with E-state index in [0.29, 0.717) is 5.56 Å². The van der Waals surface area contributed by atoms with Crippen molar-refractivity contribution in [2.75, 3.05) is 11.1 Å².